The number of nitrogens with zero attached hydrogens (tertiary/aromatic N) is 2. The first kappa shape index (κ1) is 17.1. The summed E-state index contributed by atoms with van der Waals surface area (Å²) in [6.07, 6.45) is 7.49. The largest absolute Gasteiger partial charge is 0.380 e. The van der Waals surface area contributed by atoms with E-state index in [1.165, 1.54) is 6.08 Å². The predicted octanol–water partition coefficient (Wildman–Crippen LogP) is 3.76. The first-order chi connectivity index (χ1) is 12.4. The molecule has 26 heavy (non-hydrogen) atoms. The molecule has 0 aromatic carbocycles. The van der Waals surface area contributed by atoms with Gasteiger partial charge in [-0.25, -0.2) is 9.37 Å². The number of rotatable bonds is 4. The number of likely N-dealkylation sites (tertiary alicyclic amines) is 1. The van der Waals surface area contributed by atoms with Crippen molar-refractivity contribution in [2.45, 2.75) is 56.8 Å². The van der Waals surface area contributed by atoms with Gasteiger partial charge in [-0.2, -0.15) is 0 Å². The van der Waals surface area contributed by atoms with Crippen LogP contribution in [-0.2, 0) is 4.79 Å². The van der Waals surface area contributed by atoms with Crippen LogP contribution in [0.25, 0.3) is 11.0 Å². The van der Waals surface area contributed by atoms with Crippen LogP contribution >= 0.6 is 0 Å². The fraction of sp³-hybridized carbons (Fsp3) is 0.500. The highest BCUT2D eigenvalue weighted by Gasteiger charge is 2.53. The van der Waals surface area contributed by atoms with E-state index in [4.69, 9.17) is 0 Å². The van der Waals surface area contributed by atoms with E-state index in [0.717, 1.165) is 35.1 Å². The Kier molecular flexibility index (Phi) is 4.01. The van der Waals surface area contributed by atoms with Gasteiger partial charge in [0, 0.05) is 48.0 Å². The molecule has 1 aliphatic heterocycles. The minimum atomic E-state index is -1.13. The van der Waals surface area contributed by atoms with Gasteiger partial charge < -0.3 is 15.2 Å². The fourth-order valence-corrected chi connectivity index (χ4v) is 4.12. The van der Waals surface area contributed by atoms with Crippen molar-refractivity contribution in [3.05, 3.63) is 36.7 Å². The van der Waals surface area contributed by atoms with E-state index in [0.29, 0.717) is 13.0 Å². The lowest BCUT2D eigenvalue weighted by atomic mass is 9.98. The third-order valence-electron chi connectivity index (χ3n) is 5.85. The molecule has 1 aliphatic carbocycles. The molecule has 2 aliphatic rings. The Morgan fingerprint density at radius 2 is 2.31 bits per heavy atom. The van der Waals surface area contributed by atoms with Crippen molar-refractivity contribution >= 4 is 22.6 Å². The first-order valence-electron chi connectivity index (χ1n) is 9.25. The number of piperidine rings is 1. The molecule has 3 heterocycles. The smallest absolute Gasteiger partial charge is 0.246 e. The first-order valence-corrected chi connectivity index (χ1v) is 9.25. The number of carbonyl (C=O) groups excluding carboxylic acids is 1. The molecule has 2 aromatic heterocycles. The zero-order valence-corrected chi connectivity index (χ0v) is 15.3. The summed E-state index contributed by atoms with van der Waals surface area (Å²) in [5.74, 6) is -0.108. The Hall–Kier alpha value is -2.37. The van der Waals surface area contributed by atoms with Crippen LogP contribution < -0.4 is 5.32 Å². The average molecular weight is 356 g/mol. The lowest BCUT2D eigenvalue weighted by molar-refractivity contribution is -0.129. The summed E-state index contributed by atoms with van der Waals surface area (Å²) >= 11 is 0. The monoisotopic (exact) mass is 356 g/mol. The second-order valence-corrected chi connectivity index (χ2v) is 7.82. The van der Waals surface area contributed by atoms with Gasteiger partial charge in [-0.15, -0.1) is 0 Å². The summed E-state index contributed by atoms with van der Waals surface area (Å²) in [5, 5.41) is 4.55. The number of fused-ring (bicyclic) bond motifs is 1. The predicted molar refractivity (Wildman–Crippen MR) is 101 cm³/mol. The highest BCUT2D eigenvalue weighted by Crippen LogP contribution is 2.56. The molecule has 2 fully saturated rings. The summed E-state index contributed by atoms with van der Waals surface area (Å²) in [6, 6.07) is 2.31. The molecule has 0 bridgehead atoms. The summed E-state index contributed by atoms with van der Waals surface area (Å²) in [7, 11) is 0. The molecule has 138 valence electrons. The van der Waals surface area contributed by atoms with Gasteiger partial charge in [0.05, 0.1) is 0 Å². The number of hydrogen-bond donors (Lipinski definition) is 2. The van der Waals surface area contributed by atoms with Crippen LogP contribution in [0.3, 0.4) is 0 Å². The second kappa shape index (κ2) is 6.11. The summed E-state index contributed by atoms with van der Waals surface area (Å²) in [4.78, 5) is 21.5. The van der Waals surface area contributed by atoms with Gasteiger partial charge in [-0.1, -0.05) is 6.58 Å². The molecule has 1 amide bonds. The van der Waals surface area contributed by atoms with Crippen molar-refractivity contribution in [3.8, 4) is 0 Å². The number of H-pyrrole nitrogens is 1. The molecule has 1 saturated carbocycles. The quantitative estimate of drug-likeness (QED) is 0.820. The molecule has 1 unspecified atom stereocenters. The Morgan fingerprint density at radius 1 is 1.54 bits per heavy atom. The van der Waals surface area contributed by atoms with E-state index >= 15 is 0 Å². The summed E-state index contributed by atoms with van der Waals surface area (Å²) in [5.41, 5.74) is 1.59. The van der Waals surface area contributed by atoms with Crippen LogP contribution in [0.5, 0.6) is 0 Å². The van der Waals surface area contributed by atoms with E-state index in [-0.39, 0.29) is 23.9 Å². The van der Waals surface area contributed by atoms with Gasteiger partial charge in [-0.05, 0) is 50.8 Å². The molecule has 4 atom stereocenters. The molecule has 2 N–H and O–H groups in total. The number of carbonyl (C=O) groups is 1. The molecule has 0 radical (unpaired) electrons. The van der Waals surface area contributed by atoms with Crippen molar-refractivity contribution in [2.24, 2.45) is 0 Å². The Bertz CT molecular complexity index is 859. The number of alkyl halides is 1. The number of nitrogens with one attached hydrogen (secondary N) is 2. The van der Waals surface area contributed by atoms with E-state index < -0.39 is 5.67 Å². The van der Waals surface area contributed by atoms with E-state index in [2.05, 4.69) is 28.8 Å². The van der Waals surface area contributed by atoms with Crippen LogP contribution in [0.2, 0.25) is 0 Å². The van der Waals surface area contributed by atoms with E-state index in [9.17, 15) is 9.18 Å². The lowest BCUT2D eigenvalue weighted by Gasteiger charge is -2.38. The highest BCUT2D eigenvalue weighted by atomic mass is 19.1. The van der Waals surface area contributed by atoms with Gasteiger partial charge in [0.25, 0.3) is 0 Å². The van der Waals surface area contributed by atoms with Gasteiger partial charge in [-0.3, -0.25) is 4.79 Å². The maximum atomic E-state index is 14.3. The van der Waals surface area contributed by atoms with Gasteiger partial charge >= 0.3 is 0 Å². The van der Waals surface area contributed by atoms with Crippen molar-refractivity contribution in [3.63, 3.8) is 0 Å². The van der Waals surface area contributed by atoms with Crippen molar-refractivity contribution in [1.29, 1.82) is 0 Å². The number of anilines is 1. The van der Waals surface area contributed by atoms with Crippen LogP contribution in [-0.4, -0.2) is 45.1 Å². The number of halogens is 1. The zero-order chi connectivity index (χ0) is 18.5. The number of hydrogen-bond acceptors (Lipinski definition) is 3. The standard InChI is InChI=1S/C20H25FN4O/c1-4-17(26)25-11-13(6-5-12(25)2)24-16-7-8-22-19-18(16)14(10-23-19)15-9-20(15,3)21/h4,7-8,10,12-13,15H,1,5-6,9,11H2,2-3H3,(H2,22,23,24)/t12-,13+,15+,20?/m0/s1. The molecule has 5 nitrogen and oxygen atoms in total. The molecule has 1 saturated heterocycles. The SMILES string of the molecule is C=CC(=O)N1C[C@H](Nc2ccnc3[nH]cc([C@H]4CC4(C)F)c23)CC[C@@H]1C. The third kappa shape index (κ3) is 2.87. The molecular weight excluding hydrogens is 331 g/mol. The maximum absolute atomic E-state index is 14.3. The number of aromatic amines is 1. The Labute approximate surface area is 152 Å². The fourth-order valence-electron chi connectivity index (χ4n) is 4.12. The van der Waals surface area contributed by atoms with Gasteiger partial charge in [0.2, 0.25) is 5.91 Å². The number of aromatic nitrogens is 2. The molecular formula is C20H25FN4O. The van der Waals surface area contributed by atoms with Crippen LogP contribution in [0.15, 0.2) is 31.1 Å². The molecule has 2 aromatic rings. The second-order valence-electron chi connectivity index (χ2n) is 7.82. The van der Waals surface area contributed by atoms with E-state index in [1.54, 1.807) is 13.1 Å². The van der Waals surface area contributed by atoms with Gasteiger partial charge in [0.15, 0.2) is 0 Å². The van der Waals surface area contributed by atoms with Crippen molar-refractivity contribution < 1.29 is 9.18 Å². The minimum Gasteiger partial charge on any atom is -0.380 e. The molecule has 0 spiro atoms. The van der Waals surface area contributed by atoms with Crippen LogP contribution in [0, 0.1) is 0 Å². The van der Waals surface area contributed by atoms with Crippen molar-refractivity contribution in [1.82, 2.24) is 14.9 Å². The van der Waals surface area contributed by atoms with Crippen LogP contribution in [0.4, 0.5) is 10.1 Å². The number of amides is 1. The Morgan fingerprint density at radius 3 is 3.00 bits per heavy atom. The minimum absolute atomic E-state index is 0.0302. The average Bonchev–Trinajstić information content (AvgIpc) is 3.05. The van der Waals surface area contributed by atoms with Crippen LogP contribution in [0.1, 0.15) is 44.6 Å². The highest BCUT2D eigenvalue weighted by molar-refractivity contribution is 5.93. The topological polar surface area (TPSA) is 61.0 Å². The maximum Gasteiger partial charge on any atom is 0.246 e. The van der Waals surface area contributed by atoms with Gasteiger partial charge in [0.1, 0.15) is 11.3 Å². The zero-order valence-electron chi connectivity index (χ0n) is 15.3. The van der Waals surface area contributed by atoms with E-state index in [1.807, 2.05) is 17.2 Å². The summed E-state index contributed by atoms with van der Waals surface area (Å²) in [6.45, 7) is 7.97. The molecule has 4 rings (SSSR count). The Balaban J connectivity index is 1.60. The van der Waals surface area contributed by atoms with Crippen molar-refractivity contribution in [2.75, 3.05) is 11.9 Å². The third-order valence-corrected chi connectivity index (χ3v) is 5.85. The number of pyridine rings is 1. The lowest BCUT2D eigenvalue weighted by Crippen LogP contribution is -2.49. The normalized spacial score (nSPS) is 31.0. The summed E-state index contributed by atoms with van der Waals surface area (Å²) < 4.78 is 14.3. The molecule has 6 heteroatoms.